The molecule has 3 N–H and O–H groups in total. The number of H-pyrrole nitrogens is 1. The second kappa shape index (κ2) is 10.0. The number of nitrogens with one attached hydrogen (secondary N) is 2. The van der Waals surface area contributed by atoms with E-state index in [1.54, 1.807) is 18.7 Å². The van der Waals surface area contributed by atoms with Crippen molar-refractivity contribution in [1.29, 1.82) is 0 Å². The van der Waals surface area contributed by atoms with E-state index in [-0.39, 0.29) is 24.3 Å². The summed E-state index contributed by atoms with van der Waals surface area (Å²) in [5.74, 6) is -4.27. The number of ether oxygens (including phenoxy) is 1. The zero-order valence-electron chi connectivity index (χ0n) is 25.8. The van der Waals surface area contributed by atoms with Gasteiger partial charge in [0, 0.05) is 48.6 Å². The SMILES string of the molecule is CC(C)[C@]1(NC(=O)[C@H]2C=C3c4cccc5[nH]cc(c45)C[C@H]3N(C)C2)O[C@@]2(O)[C@H]3CCCN3C(=O)[C@@H](Cc3ccccc3)N2C1=O. The molecule has 3 amide bonds. The van der Waals surface area contributed by atoms with Gasteiger partial charge < -0.3 is 20.3 Å². The summed E-state index contributed by atoms with van der Waals surface area (Å²) in [5, 5.41) is 16.5. The first-order chi connectivity index (χ1) is 21.6. The van der Waals surface area contributed by atoms with Crippen LogP contribution < -0.4 is 5.32 Å². The van der Waals surface area contributed by atoms with E-state index in [4.69, 9.17) is 4.74 Å². The van der Waals surface area contributed by atoms with Crippen LogP contribution in [0.15, 0.2) is 60.8 Å². The van der Waals surface area contributed by atoms with Gasteiger partial charge in [0.05, 0.1) is 5.92 Å². The van der Waals surface area contributed by atoms with Gasteiger partial charge in [-0.1, -0.05) is 62.4 Å². The maximum absolute atomic E-state index is 14.6. The fraction of sp³-hybridized carbons (Fsp3) is 0.457. The molecule has 234 valence electrons. The predicted octanol–water partition coefficient (Wildman–Crippen LogP) is 2.63. The summed E-state index contributed by atoms with van der Waals surface area (Å²) in [6.07, 6.45) is 6.40. The number of aromatic amines is 1. The molecule has 5 aliphatic rings. The average molecular weight is 610 g/mol. The summed E-state index contributed by atoms with van der Waals surface area (Å²) in [4.78, 5) is 51.2. The smallest absolute Gasteiger partial charge is 0.281 e. The second-order valence-corrected chi connectivity index (χ2v) is 13.6. The number of carbonyl (C=O) groups is 3. The van der Waals surface area contributed by atoms with Crippen LogP contribution in [0.25, 0.3) is 16.5 Å². The molecule has 0 radical (unpaired) electrons. The first-order valence-electron chi connectivity index (χ1n) is 16.1. The topological polar surface area (TPSA) is 118 Å². The molecular formula is C35H39N5O5. The van der Waals surface area contributed by atoms with Gasteiger partial charge in [0.15, 0.2) is 0 Å². The zero-order chi connectivity index (χ0) is 31.2. The molecule has 0 saturated carbocycles. The van der Waals surface area contributed by atoms with Gasteiger partial charge in [-0.3, -0.25) is 28.9 Å². The van der Waals surface area contributed by atoms with Crippen molar-refractivity contribution in [3.8, 4) is 0 Å². The summed E-state index contributed by atoms with van der Waals surface area (Å²) in [5.41, 5.74) is 3.59. The van der Waals surface area contributed by atoms with Crippen molar-refractivity contribution in [3.05, 3.63) is 77.5 Å². The zero-order valence-corrected chi connectivity index (χ0v) is 25.8. The molecule has 6 atom stereocenters. The molecule has 1 aromatic heterocycles. The number of likely N-dealkylation sites (N-methyl/N-ethyl adjacent to an activating group) is 1. The summed E-state index contributed by atoms with van der Waals surface area (Å²) >= 11 is 0. The molecule has 10 heteroatoms. The van der Waals surface area contributed by atoms with E-state index in [9.17, 15) is 19.5 Å². The van der Waals surface area contributed by atoms with E-state index in [0.29, 0.717) is 25.9 Å². The molecule has 10 nitrogen and oxygen atoms in total. The van der Waals surface area contributed by atoms with Crippen LogP contribution in [0.3, 0.4) is 0 Å². The van der Waals surface area contributed by atoms with Gasteiger partial charge in [-0.15, -0.1) is 0 Å². The number of fused-ring (bicyclic) bond motifs is 5. The minimum absolute atomic E-state index is 0.138. The van der Waals surface area contributed by atoms with Crippen LogP contribution in [0.1, 0.15) is 43.4 Å². The number of carbonyl (C=O) groups excluding carboxylic acids is 3. The highest BCUT2D eigenvalue weighted by atomic mass is 16.7. The number of benzene rings is 2. The van der Waals surface area contributed by atoms with Crippen molar-refractivity contribution in [2.24, 2.45) is 11.8 Å². The molecular weight excluding hydrogens is 570 g/mol. The molecule has 45 heavy (non-hydrogen) atoms. The molecule has 3 aromatic rings. The number of hydrogen-bond acceptors (Lipinski definition) is 6. The van der Waals surface area contributed by atoms with Crippen molar-refractivity contribution < 1.29 is 24.2 Å². The molecule has 0 bridgehead atoms. The van der Waals surface area contributed by atoms with Crippen LogP contribution >= 0.6 is 0 Å². The van der Waals surface area contributed by atoms with Gasteiger partial charge in [-0.05, 0) is 54.6 Å². The van der Waals surface area contributed by atoms with E-state index < -0.39 is 41.5 Å². The number of aliphatic hydroxyl groups is 1. The molecule has 8 rings (SSSR count). The van der Waals surface area contributed by atoms with Crippen LogP contribution in [0, 0.1) is 11.8 Å². The van der Waals surface area contributed by atoms with Crippen molar-refractivity contribution in [2.45, 2.75) is 69.3 Å². The first-order valence-corrected chi connectivity index (χ1v) is 16.1. The summed E-state index contributed by atoms with van der Waals surface area (Å²) in [7, 11) is 2.03. The largest absolute Gasteiger partial charge is 0.361 e. The Bertz CT molecular complexity index is 1750. The lowest BCUT2D eigenvalue weighted by molar-refractivity contribution is -0.321. The van der Waals surface area contributed by atoms with Crippen LogP contribution in [0.2, 0.25) is 0 Å². The Labute approximate surface area is 262 Å². The molecule has 0 spiro atoms. The molecule has 5 heterocycles. The Morgan fingerprint density at radius 1 is 1.16 bits per heavy atom. The maximum Gasteiger partial charge on any atom is 0.281 e. The lowest BCUT2D eigenvalue weighted by Gasteiger charge is -2.48. The third kappa shape index (κ3) is 4.01. The van der Waals surface area contributed by atoms with Crippen molar-refractivity contribution in [1.82, 2.24) is 25.0 Å². The highest BCUT2D eigenvalue weighted by Gasteiger charge is 2.72. The third-order valence-corrected chi connectivity index (χ3v) is 10.8. The molecule has 2 aromatic carbocycles. The highest BCUT2D eigenvalue weighted by Crippen LogP contribution is 2.48. The lowest BCUT2D eigenvalue weighted by Crippen LogP contribution is -2.71. The van der Waals surface area contributed by atoms with Crippen LogP contribution in [0.5, 0.6) is 0 Å². The van der Waals surface area contributed by atoms with E-state index in [2.05, 4.69) is 33.5 Å². The Kier molecular flexibility index (Phi) is 6.33. The normalized spacial score (nSPS) is 32.5. The maximum atomic E-state index is 14.6. The predicted molar refractivity (Wildman–Crippen MR) is 167 cm³/mol. The van der Waals surface area contributed by atoms with Gasteiger partial charge in [0.25, 0.3) is 11.8 Å². The van der Waals surface area contributed by atoms with Gasteiger partial charge in [-0.25, -0.2) is 0 Å². The standard InChI is InChI=1S/C35H39N5O5/c1-20(2)34(37-31(41)23-16-25-24-11-7-12-26-30(24)22(18-36-26)17-27(25)38(3)19-23)33(43)40-28(15-21-9-5-4-6-10-21)32(42)39-14-8-13-29(39)35(40,44)45-34/h4-7,9-12,16,18,20,23,27-29,36,44H,8,13-15,17,19H2,1-3H3,(H,37,41)/t23-,27+,28+,29+,34-,35-/m0/s1. The summed E-state index contributed by atoms with van der Waals surface area (Å²) in [6, 6.07) is 14.2. The quantitative estimate of drug-likeness (QED) is 0.410. The van der Waals surface area contributed by atoms with E-state index in [1.807, 2.05) is 49.5 Å². The van der Waals surface area contributed by atoms with Crippen molar-refractivity contribution in [2.75, 3.05) is 20.1 Å². The number of hydrogen-bond donors (Lipinski definition) is 3. The van der Waals surface area contributed by atoms with E-state index in [0.717, 1.165) is 28.6 Å². The number of nitrogens with zero attached hydrogens (tertiary/aromatic N) is 3. The highest BCUT2D eigenvalue weighted by molar-refractivity contribution is 6.01. The van der Waals surface area contributed by atoms with Gasteiger partial charge in [0.2, 0.25) is 17.5 Å². The van der Waals surface area contributed by atoms with E-state index in [1.165, 1.54) is 15.8 Å². The Morgan fingerprint density at radius 3 is 2.73 bits per heavy atom. The number of amides is 3. The average Bonchev–Trinajstić information content (AvgIpc) is 3.74. The van der Waals surface area contributed by atoms with Crippen molar-refractivity contribution >= 4 is 34.2 Å². The van der Waals surface area contributed by atoms with E-state index >= 15 is 0 Å². The molecule has 3 fully saturated rings. The summed E-state index contributed by atoms with van der Waals surface area (Å²) < 4.78 is 6.49. The molecule has 0 unspecified atom stereocenters. The fourth-order valence-corrected chi connectivity index (χ4v) is 8.47. The third-order valence-electron chi connectivity index (χ3n) is 10.8. The van der Waals surface area contributed by atoms with Gasteiger partial charge >= 0.3 is 0 Å². The first kappa shape index (κ1) is 28.5. The lowest BCUT2D eigenvalue weighted by atomic mass is 9.79. The second-order valence-electron chi connectivity index (χ2n) is 13.6. The van der Waals surface area contributed by atoms with Crippen LogP contribution in [-0.4, -0.2) is 92.4 Å². The monoisotopic (exact) mass is 609 g/mol. The summed E-state index contributed by atoms with van der Waals surface area (Å²) in [6.45, 7) is 4.56. The number of piperazine rings is 1. The Hall–Kier alpha value is -3.99. The number of rotatable bonds is 5. The Balaban J connectivity index is 1.15. The molecule has 3 saturated heterocycles. The molecule has 4 aliphatic heterocycles. The molecule has 1 aliphatic carbocycles. The minimum atomic E-state index is -2.06. The minimum Gasteiger partial charge on any atom is -0.361 e. The van der Waals surface area contributed by atoms with Crippen LogP contribution in [-0.2, 0) is 32.0 Å². The van der Waals surface area contributed by atoms with Gasteiger partial charge in [-0.2, -0.15) is 0 Å². The van der Waals surface area contributed by atoms with Gasteiger partial charge in [0.1, 0.15) is 12.1 Å². The van der Waals surface area contributed by atoms with Crippen LogP contribution in [0.4, 0.5) is 0 Å². The number of aromatic nitrogens is 1. The van der Waals surface area contributed by atoms with Crippen molar-refractivity contribution in [3.63, 3.8) is 0 Å². The fourth-order valence-electron chi connectivity index (χ4n) is 8.47. The Morgan fingerprint density at radius 2 is 1.96 bits per heavy atom.